The maximum Gasteiger partial charge on any atom is 0.264 e. The molecule has 0 radical (unpaired) electrons. The van der Waals surface area contributed by atoms with Crippen LogP contribution in [0.5, 0.6) is 0 Å². The molecule has 0 saturated carbocycles. The molecule has 1 N–H and O–H groups in total. The van der Waals surface area contributed by atoms with Crippen molar-refractivity contribution in [2.75, 3.05) is 10.8 Å². The van der Waals surface area contributed by atoms with Crippen molar-refractivity contribution in [3.63, 3.8) is 0 Å². The van der Waals surface area contributed by atoms with Gasteiger partial charge in [0, 0.05) is 12.6 Å². The summed E-state index contributed by atoms with van der Waals surface area (Å²) >= 11 is 12.4. The Morgan fingerprint density at radius 1 is 0.833 bits per heavy atom. The smallest absolute Gasteiger partial charge is 0.264 e. The maximum atomic E-state index is 14.2. The Balaban J connectivity index is 2.11. The van der Waals surface area contributed by atoms with Crippen LogP contribution in [0.25, 0.3) is 0 Å². The van der Waals surface area contributed by atoms with Crippen molar-refractivity contribution in [3.8, 4) is 0 Å². The number of hydrogen-bond donors (Lipinski definition) is 1. The Kier molecular flexibility index (Phi) is 11.5. The van der Waals surface area contributed by atoms with Gasteiger partial charge in [0.25, 0.3) is 10.0 Å². The predicted molar refractivity (Wildman–Crippen MR) is 171 cm³/mol. The number of amides is 2. The van der Waals surface area contributed by atoms with E-state index in [-0.39, 0.29) is 23.4 Å². The maximum absolute atomic E-state index is 14.2. The molecule has 0 bridgehead atoms. The number of halogens is 2. The van der Waals surface area contributed by atoms with Gasteiger partial charge in [-0.2, -0.15) is 0 Å². The molecule has 0 spiro atoms. The molecule has 10 heteroatoms. The van der Waals surface area contributed by atoms with Gasteiger partial charge >= 0.3 is 0 Å². The molecule has 226 valence electrons. The zero-order valence-corrected chi connectivity index (χ0v) is 27.3. The first-order chi connectivity index (χ1) is 19.8. The molecule has 2 amide bonds. The van der Waals surface area contributed by atoms with Crippen molar-refractivity contribution in [2.45, 2.75) is 77.9 Å². The number of hydrogen-bond acceptors (Lipinski definition) is 4. The van der Waals surface area contributed by atoms with Crippen molar-refractivity contribution in [1.82, 2.24) is 10.2 Å². The summed E-state index contributed by atoms with van der Waals surface area (Å²) in [5, 5.41) is 3.65. The van der Waals surface area contributed by atoms with Gasteiger partial charge in [0.1, 0.15) is 12.6 Å². The normalized spacial score (nSPS) is 12.9. The largest absolute Gasteiger partial charge is 0.352 e. The summed E-state index contributed by atoms with van der Waals surface area (Å²) in [6.45, 7) is 10.8. The van der Waals surface area contributed by atoms with E-state index >= 15 is 0 Å². The van der Waals surface area contributed by atoms with Crippen molar-refractivity contribution in [3.05, 3.63) is 93.0 Å². The molecule has 0 unspecified atom stereocenters. The topological polar surface area (TPSA) is 86.8 Å². The number of nitrogens with one attached hydrogen (secondary N) is 1. The summed E-state index contributed by atoms with van der Waals surface area (Å²) in [6, 6.07) is 16.0. The molecule has 2 atom stereocenters. The van der Waals surface area contributed by atoms with Crippen LogP contribution in [0.3, 0.4) is 0 Å². The van der Waals surface area contributed by atoms with Crippen molar-refractivity contribution in [1.29, 1.82) is 0 Å². The molecule has 3 rings (SSSR count). The quantitative estimate of drug-likeness (QED) is 0.237. The number of carbonyl (C=O) groups is 2. The number of sulfonamides is 1. The highest BCUT2D eigenvalue weighted by Crippen LogP contribution is 2.28. The molecule has 7 nitrogen and oxygen atoms in total. The average Bonchev–Trinajstić information content (AvgIpc) is 2.92. The fraction of sp³-hybridized carbons (Fsp3) is 0.375. The molecule has 3 aromatic carbocycles. The molecular formula is C32H39Cl2N3O4S. The van der Waals surface area contributed by atoms with E-state index in [1.165, 1.54) is 17.0 Å². The third-order valence-corrected chi connectivity index (χ3v) is 9.63. The summed E-state index contributed by atoms with van der Waals surface area (Å²) in [6.07, 6.45) is 1.04. The Labute approximate surface area is 259 Å². The second-order valence-corrected chi connectivity index (χ2v) is 13.4. The summed E-state index contributed by atoms with van der Waals surface area (Å²) in [7, 11) is -4.15. The lowest BCUT2D eigenvalue weighted by Crippen LogP contribution is -2.53. The second kappa shape index (κ2) is 14.4. The lowest BCUT2D eigenvalue weighted by molar-refractivity contribution is -0.140. The van der Waals surface area contributed by atoms with E-state index in [9.17, 15) is 18.0 Å². The van der Waals surface area contributed by atoms with Gasteiger partial charge in [-0.05, 0) is 93.6 Å². The number of benzene rings is 3. The van der Waals surface area contributed by atoms with Crippen LogP contribution >= 0.6 is 23.2 Å². The van der Waals surface area contributed by atoms with E-state index in [1.54, 1.807) is 42.5 Å². The number of rotatable bonds is 12. The van der Waals surface area contributed by atoms with E-state index in [0.717, 1.165) is 27.4 Å². The van der Waals surface area contributed by atoms with Crippen LogP contribution in [0, 0.1) is 20.8 Å². The van der Waals surface area contributed by atoms with E-state index in [1.807, 2.05) is 47.6 Å². The highest BCUT2D eigenvalue weighted by Gasteiger charge is 2.34. The van der Waals surface area contributed by atoms with Crippen LogP contribution in [-0.2, 0) is 26.2 Å². The monoisotopic (exact) mass is 631 g/mol. The van der Waals surface area contributed by atoms with Crippen molar-refractivity contribution < 1.29 is 18.0 Å². The van der Waals surface area contributed by atoms with Gasteiger partial charge in [0.05, 0.1) is 20.6 Å². The highest BCUT2D eigenvalue weighted by molar-refractivity contribution is 7.92. The van der Waals surface area contributed by atoms with Gasteiger partial charge in [0.15, 0.2) is 0 Å². The van der Waals surface area contributed by atoms with Gasteiger partial charge in [-0.25, -0.2) is 8.42 Å². The Hall–Kier alpha value is -3.07. The van der Waals surface area contributed by atoms with Gasteiger partial charge in [-0.15, -0.1) is 0 Å². The van der Waals surface area contributed by atoms with Gasteiger partial charge in [0.2, 0.25) is 11.8 Å². The van der Waals surface area contributed by atoms with Crippen LogP contribution in [0.15, 0.2) is 65.6 Å². The number of nitrogens with zero attached hydrogens (tertiary/aromatic N) is 2. The summed E-state index contributed by atoms with van der Waals surface area (Å²) in [5.41, 5.74) is 3.65. The molecule has 0 fully saturated rings. The molecule has 0 heterocycles. The minimum atomic E-state index is -4.15. The Morgan fingerprint density at radius 2 is 1.45 bits per heavy atom. The van der Waals surface area contributed by atoms with Crippen molar-refractivity contribution in [2.24, 2.45) is 0 Å². The number of anilines is 1. The van der Waals surface area contributed by atoms with E-state index in [0.29, 0.717) is 27.7 Å². The summed E-state index contributed by atoms with van der Waals surface area (Å²) in [5.74, 6) is -0.832. The SMILES string of the molecule is CC[C@H](C(=O)N[C@@H](C)CC)N(Cc1ccc(Cl)c(Cl)c1)C(=O)CN(c1cc(C)cc(C)c1)S(=O)(=O)c1ccc(C)cc1. The third kappa shape index (κ3) is 8.27. The van der Waals surface area contributed by atoms with Crippen LogP contribution < -0.4 is 9.62 Å². The molecule has 0 aromatic heterocycles. The standard InChI is InChI=1S/C32H39Cl2N3O4S/c1-7-24(6)35-32(39)30(8-2)36(19-25-11-14-28(33)29(34)18-25)31(38)20-37(26-16-22(4)15-23(5)17-26)42(40,41)27-12-9-21(3)10-13-27/h9-18,24,30H,7-8,19-20H2,1-6H3,(H,35,39)/t24-,30+/m0/s1. The van der Waals surface area contributed by atoms with Gasteiger partial charge in [-0.3, -0.25) is 13.9 Å². The zero-order chi connectivity index (χ0) is 31.2. The molecule has 0 saturated heterocycles. The molecular weight excluding hydrogens is 593 g/mol. The Morgan fingerprint density at radius 3 is 2.00 bits per heavy atom. The Bertz CT molecular complexity index is 1510. The first-order valence-electron chi connectivity index (χ1n) is 14.0. The van der Waals surface area contributed by atoms with Crippen LogP contribution in [0.1, 0.15) is 55.9 Å². The number of aryl methyl sites for hydroxylation is 3. The first-order valence-corrected chi connectivity index (χ1v) is 16.2. The van der Waals surface area contributed by atoms with E-state index in [2.05, 4.69) is 5.32 Å². The van der Waals surface area contributed by atoms with Crippen LogP contribution in [-0.4, -0.2) is 43.8 Å². The van der Waals surface area contributed by atoms with Gasteiger partial charge in [-0.1, -0.05) is 66.9 Å². The van der Waals surface area contributed by atoms with Crippen LogP contribution in [0.2, 0.25) is 10.0 Å². The van der Waals surface area contributed by atoms with Crippen molar-refractivity contribution >= 4 is 50.7 Å². The fourth-order valence-electron chi connectivity index (χ4n) is 4.66. The fourth-order valence-corrected chi connectivity index (χ4v) is 6.37. The summed E-state index contributed by atoms with van der Waals surface area (Å²) < 4.78 is 29.3. The van der Waals surface area contributed by atoms with Crippen LogP contribution in [0.4, 0.5) is 5.69 Å². The summed E-state index contributed by atoms with van der Waals surface area (Å²) in [4.78, 5) is 29.1. The molecule has 3 aromatic rings. The van der Waals surface area contributed by atoms with E-state index in [4.69, 9.17) is 23.2 Å². The lowest BCUT2D eigenvalue weighted by atomic mass is 10.1. The number of carbonyl (C=O) groups excluding carboxylic acids is 2. The molecule has 42 heavy (non-hydrogen) atoms. The molecule has 0 aliphatic heterocycles. The lowest BCUT2D eigenvalue weighted by Gasteiger charge is -2.34. The predicted octanol–water partition coefficient (Wildman–Crippen LogP) is 6.84. The minimum Gasteiger partial charge on any atom is -0.352 e. The molecule has 0 aliphatic carbocycles. The second-order valence-electron chi connectivity index (χ2n) is 10.7. The van der Waals surface area contributed by atoms with Gasteiger partial charge < -0.3 is 10.2 Å². The minimum absolute atomic E-state index is 0.0351. The zero-order valence-electron chi connectivity index (χ0n) is 24.9. The third-order valence-electron chi connectivity index (χ3n) is 7.11. The first kappa shape index (κ1) is 33.4. The molecule has 0 aliphatic rings. The van der Waals surface area contributed by atoms with E-state index < -0.39 is 28.5 Å². The average molecular weight is 633 g/mol. The highest BCUT2D eigenvalue weighted by atomic mass is 35.5.